The summed E-state index contributed by atoms with van der Waals surface area (Å²) in [4.78, 5) is 1.55. The van der Waals surface area contributed by atoms with E-state index in [0.717, 1.165) is 0 Å². The van der Waals surface area contributed by atoms with Crippen molar-refractivity contribution in [2.75, 3.05) is 13.1 Å². The number of hydrogen-bond donors (Lipinski definition) is 1. The molecule has 1 aromatic rings. The first kappa shape index (κ1) is 15.3. The van der Waals surface area contributed by atoms with Crippen LogP contribution in [0.4, 0.5) is 8.78 Å². The molecule has 0 aliphatic heterocycles. The molecule has 0 spiro atoms. The van der Waals surface area contributed by atoms with Crippen LogP contribution in [0.1, 0.15) is 25.5 Å². The summed E-state index contributed by atoms with van der Waals surface area (Å²) in [6.07, 6.45) is -3.22. The van der Waals surface area contributed by atoms with Gasteiger partial charge in [-0.15, -0.1) is 0 Å². The van der Waals surface area contributed by atoms with Crippen molar-refractivity contribution < 1.29 is 13.9 Å². The van der Waals surface area contributed by atoms with E-state index in [1.807, 2.05) is 13.8 Å². The Morgan fingerprint density at radius 2 is 1.94 bits per heavy atom. The zero-order chi connectivity index (χ0) is 13.7. The third kappa shape index (κ3) is 4.88. The second-order valence-electron chi connectivity index (χ2n) is 4.51. The van der Waals surface area contributed by atoms with E-state index >= 15 is 0 Å². The average molecular weight is 278 g/mol. The van der Waals surface area contributed by atoms with Gasteiger partial charge in [0.1, 0.15) is 0 Å². The van der Waals surface area contributed by atoms with Crippen molar-refractivity contribution in [2.45, 2.75) is 32.4 Å². The number of aliphatic hydroxyl groups excluding tert-OH is 1. The number of alkyl halides is 2. The van der Waals surface area contributed by atoms with Gasteiger partial charge in [0.2, 0.25) is 0 Å². The van der Waals surface area contributed by atoms with Gasteiger partial charge in [0.15, 0.2) is 0 Å². The molecule has 0 fully saturated rings. The number of benzene rings is 1. The third-order valence-electron chi connectivity index (χ3n) is 2.74. The molecule has 1 rings (SSSR count). The lowest BCUT2D eigenvalue weighted by Crippen LogP contribution is -2.38. The van der Waals surface area contributed by atoms with Crippen molar-refractivity contribution >= 4 is 11.6 Å². The van der Waals surface area contributed by atoms with Crippen molar-refractivity contribution in [3.05, 3.63) is 34.9 Å². The van der Waals surface area contributed by atoms with Crippen LogP contribution in [-0.4, -0.2) is 35.6 Å². The molecule has 0 amide bonds. The van der Waals surface area contributed by atoms with E-state index in [2.05, 4.69) is 0 Å². The van der Waals surface area contributed by atoms with Crippen molar-refractivity contribution in [3.63, 3.8) is 0 Å². The molecule has 0 heterocycles. The first-order valence-corrected chi connectivity index (χ1v) is 6.23. The molecule has 1 unspecified atom stereocenters. The Labute approximate surface area is 111 Å². The number of halogens is 3. The molecule has 2 nitrogen and oxygen atoms in total. The topological polar surface area (TPSA) is 23.5 Å². The van der Waals surface area contributed by atoms with E-state index in [4.69, 9.17) is 11.6 Å². The normalized spacial score (nSPS) is 13.6. The Morgan fingerprint density at radius 3 is 2.44 bits per heavy atom. The molecule has 0 aromatic heterocycles. The summed E-state index contributed by atoms with van der Waals surface area (Å²) in [5.41, 5.74) is 0.641. The molecule has 0 aliphatic carbocycles. The van der Waals surface area contributed by atoms with Crippen LogP contribution in [-0.2, 0) is 0 Å². The standard InChI is InChI=1S/C13H18ClF2NO/c1-9(2)17(8-13(15)16)7-12(18)10-4-3-5-11(14)6-10/h3-6,9,12-13,18H,7-8H2,1-2H3. The molecule has 1 atom stereocenters. The van der Waals surface area contributed by atoms with E-state index in [0.29, 0.717) is 10.6 Å². The number of aliphatic hydroxyl groups is 1. The van der Waals surface area contributed by atoms with Crippen LogP contribution in [0.3, 0.4) is 0 Å². The van der Waals surface area contributed by atoms with Gasteiger partial charge in [-0.1, -0.05) is 23.7 Å². The highest BCUT2D eigenvalue weighted by molar-refractivity contribution is 6.30. The lowest BCUT2D eigenvalue weighted by molar-refractivity contribution is 0.0390. The van der Waals surface area contributed by atoms with Crippen LogP contribution in [0.2, 0.25) is 5.02 Å². The van der Waals surface area contributed by atoms with Gasteiger partial charge >= 0.3 is 0 Å². The fourth-order valence-corrected chi connectivity index (χ4v) is 1.91. The molecule has 1 N–H and O–H groups in total. The first-order valence-electron chi connectivity index (χ1n) is 5.86. The third-order valence-corrected chi connectivity index (χ3v) is 2.98. The van der Waals surface area contributed by atoms with E-state index in [1.165, 1.54) is 0 Å². The predicted molar refractivity (Wildman–Crippen MR) is 69.1 cm³/mol. The van der Waals surface area contributed by atoms with E-state index in [-0.39, 0.29) is 19.1 Å². The Kier molecular flexibility index (Phi) is 5.99. The minimum Gasteiger partial charge on any atom is -0.387 e. The molecule has 1 aromatic carbocycles. The molecule has 0 aliphatic rings. The summed E-state index contributed by atoms with van der Waals surface area (Å²) in [6.45, 7) is 3.48. The highest BCUT2D eigenvalue weighted by Crippen LogP contribution is 2.19. The summed E-state index contributed by atoms with van der Waals surface area (Å²) in [5.74, 6) is 0. The minimum absolute atomic E-state index is 0.0483. The van der Waals surface area contributed by atoms with Gasteiger partial charge in [-0.25, -0.2) is 8.78 Å². The van der Waals surface area contributed by atoms with E-state index in [9.17, 15) is 13.9 Å². The van der Waals surface area contributed by atoms with Gasteiger partial charge in [-0.2, -0.15) is 0 Å². The lowest BCUT2D eigenvalue weighted by atomic mass is 10.1. The maximum atomic E-state index is 12.4. The SMILES string of the molecule is CC(C)N(CC(F)F)CC(O)c1cccc(Cl)c1. The zero-order valence-corrected chi connectivity index (χ0v) is 11.2. The van der Waals surface area contributed by atoms with Crippen LogP contribution < -0.4 is 0 Å². The van der Waals surface area contributed by atoms with E-state index < -0.39 is 12.5 Å². The molecule has 102 valence electrons. The molecule has 0 saturated heterocycles. The number of hydrogen-bond acceptors (Lipinski definition) is 2. The first-order chi connectivity index (χ1) is 8.40. The van der Waals surface area contributed by atoms with Gasteiger partial charge in [-0.05, 0) is 31.5 Å². The van der Waals surface area contributed by atoms with Crippen molar-refractivity contribution in [2.24, 2.45) is 0 Å². The molecule has 18 heavy (non-hydrogen) atoms. The Bertz CT molecular complexity index is 374. The number of rotatable bonds is 6. The second-order valence-corrected chi connectivity index (χ2v) is 4.95. The highest BCUT2D eigenvalue weighted by Gasteiger charge is 2.19. The van der Waals surface area contributed by atoms with Gasteiger partial charge in [0, 0.05) is 17.6 Å². The van der Waals surface area contributed by atoms with Crippen molar-refractivity contribution in [1.82, 2.24) is 4.90 Å². The van der Waals surface area contributed by atoms with Crippen LogP contribution in [0, 0.1) is 0 Å². The van der Waals surface area contributed by atoms with Gasteiger partial charge in [-0.3, -0.25) is 4.90 Å². The molecule has 0 radical (unpaired) electrons. The predicted octanol–water partition coefficient (Wildman–Crippen LogP) is 3.35. The Hall–Kier alpha value is -0.710. The fourth-order valence-electron chi connectivity index (χ4n) is 1.71. The summed E-state index contributed by atoms with van der Waals surface area (Å²) >= 11 is 5.83. The highest BCUT2D eigenvalue weighted by atomic mass is 35.5. The molecular formula is C13H18ClF2NO. The van der Waals surface area contributed by atoms with Gasteiger partial charge in [0.25, 0.3) is 6.43 Å². The number of nitrogens with zero attached hydrogens (tertiary/aromatic N) is 1. The summed E-state index contributed by atoms with van der Waals surface area (Å²) < 4.78 is 24.8. The minimum atomic E-state index is -2.40. The Morgan fingerprint density at radius 1 is 1.28 bits per heavy atom. The quantitative estimate of drug-likeness (QED) is 0.862. The molecule has 5 heteroatoms. The molecule has 0 saturated carbocycles. The maximum absolute atomic E-state index is 12.4. The summed E-state index contributed by atoms with van der Waals surface area (Å²) in [5, 5.41) is 10.6. The average Bonchev–Trinajstić information content (AvgIpc) is 2.27. The summed E-state index contributed by atoms with van der Waals surface area (Å²) in [6, 6.07) is 6.77. The fraction of sp³-hybridized carbons (Fsp3) is 0.538. The lowest BCUT2D eigenvalue weighted by Gasteiger charge is -2.28. The van der Waals surface area contributed by atoms with Crippen LogP contribution in [0.25, 0.3) is 0 Å². The smallest absolute Gasteiger partial charge is 0.251 e. The van der Waals surface area contributed by atoms with Crippen molar-refractivity contribution in [1.29, 1.82) is 0 Å². The van der Waals surface area contributed by atoms with Gasteiger partial charge < -0.3 is 5.11 Å². The molecule has 0 bridgehead atoms. The maximum Gasteiger partial charge on any atom is 0.251 e. The molecular weight excluding hydrogens is 260 g/mol. The van der Waals surface area contributed by atoms with Gasteiger partial charge in [0.05, 0.1) is 12.6 Å². The summed E-state index contributed by atoms with van der Waals surface area (Å²) in [7, 11) is 0. The van der Waals surface area contributed by atoms with Crippen molar-refractivity contribution in [3.8, 4) is 0 Å². The Balaban J connectivity index is 2.69. The zero-order valence-electron chi connectivity index (χ0n) is 10.5. The largest absolute Gasteiger partial charge is 0.387 e. The monoisotopic (exact) mass is 277 g/mol. The second kappa shape index (κ2) is 7.02. The van der Waals surface area contributed by atoms with Crippen LogP contribution >= 0.6 is 11.6 Å². The van der Waals surface area contributed by atoms with Crippen LogP contribution in [0.15, 0.2) is 24.3 Å². The van der Waals surface area contributed by atoms with Crippen LogP contribution in [0.5, 0.6) is 0 Å². The van der Waals surface area contributed by atoms with E-state index in [1.54, 1.807) is 29.2 Å².